The summed E-state index contributed by atoms with van der Waals surface area (Å²) in [7, 11) is 1.61. The first-order valence-corrected chi connectivity index (χ1v) is 3.60. The van der Waals surface area contributed by atoms with Crippen molar-refractivity contribution in [1.29, 1.82) is 0 Å². The molecule has 0 aliphatic heterocycles. The van der Waals surface area contributed by atoms with E-state index >= 15 is 0 Å². The lowest BCUT2D eigenvalue weighted by Gasteiger charge is -2.12. The third-order valence-electron chi connectivity index (χ3n) is 1.29. The van der Waals surface area contributed by atoms with Crippen molar-refractivity contribution >= 4 is 0 Å². The minimum absolute atomic E-state index is 0.0735. The molecule has 1 aromatic heterocycles. The molecular weight excluding hydrogens is 182 g/mol. The van der Waals surface area contributed by atoms with Crippen LogP contribution in [0.5, 0.6) is 6.01 Å². The SMILES string of the molecule is Cn1cnc(OCC(F)(F)CN)n1. The lowest BCUT2D eigenvalue weighted by Crippen LogP contribution is -2.34. The molecule has 0 saturated heterocycles. The van der Waals surface area contributed by atoms with E-state index in [0.717, 1.165) is 0 Å². The van der Waals surface area contributed by atoms with Gasteiger partial charge in [-0.05, 0) is 0 Å². The number of hydrogen-bond donors (Lipinski definition) is 1. The summed E-state index contributed by atoms with van der Waals surface area (Å²) in [6.07, 6.45) is 1.36. The molecule has 0 amide bonds. The van der Waals surface area contributed by atoms with Crippen molar-refractivity contribution in [3.63, 3.8) is 0 Å². The van der Waals surface area contributed by atoms with E-state index in [4.69, 9.17) is 5.73 Å². The molecule has 0 atom stereocenters. The van der Waals surface area contributed by atoms with Crippen LogP contribution in [0.4, 0.5) is 8.78 Å². The molecule has 0 aliphatic rings. The van der Waals surface area contributed by atoms with Gasteiger partial charge in [-0.25, -0.2) is 8.78 Å². The Bertz CT molecular complexity index is 275. The molecule has 5 nitrogen and oxygen atoms in total. The fourth-order valence-electron chi connectivity index (χ4n) is 0.615. The van der Waals surface area contributed by atoms with Gasteiger partial charge in [0.15, 0.2) is 6.61 Å². The van der Waals surface area contributed by atoms with Crippen molar-refractivity contribution in [2.45, 2.75) is 5.92 Å². The molecule has 13 heavy (non-hydrogen) atoms. The molecule has 0 bridgehead atoms. The van der Waals surface area contributed by atoms with Gasteiger partial charge in [0, 0.05) is 7.05 Å². The zero-order chi connectivity index (χ0) is 9.90. The predicted octanol–water partition coefficient (Wildman–Crippen LogP) is -0.212. The zero-order valence-electron chi connectivity index (χ0n) is 7.07. The fourth-order valence-corrected chi connectivity index (χ4v) is 0.615. The maximum Gasteiger partial charge on any atom is 0.335 e. The third-order valence-corrected chi connectivity index (χ3v) is 1.29. The largest absolute Gasteiger partial charge is 0.456 e. The average molecular weight is 192 g/mol. The Labute approximate surface area is 73.5 Å². The van der Waals surface area contributed by atoms with Crippen LogP contribution in [-0.2, 0) is 7.05 Å². The summed E-state index contributed by atoms with van der Waals surface area (Å²) in [5.41, 5.74) is 4.80. The van der Waals surface area contributed by atoms with E-state index in [9.17, 15) is 8.78 Å². The van der Waals surface area contributed by atoms with Gasteiger partial charge in [0.25, 0.3) is 5.92 Å². The molecule has 0 radical (unpaired) electrons. The van der Waals surface area contributed by atoms with Crippen LogP contribution in [0.2, 0.25) is 0 Å². The maximum absolute atomic E-state index is 12.5. The van der Waals surface area contributed by atoms with Crippen molar-refractivity contribution in [2.75, 3.05) is 13.2 Å². The average Bonchev–Trinajstić information content (AvgIpc) is 2.48. The fraction of sp³-hybridized carbons (Fsp3) is 0.667. The molecule has 0 aliphatic carbocycles. The first-order valence-electron chi connectivity index (χ1n) is 3.60. The first-order chi connectivity index (χ1) is 6.03. The predicted molar refractivity (Wildman–Crippen MR) is 40.5 cm³/mol. The van der Waals surface area contributed by atoms with Crippen LogP contribution in [0.3, 0.4) is 0 Å². The molecule has 1 rings (SSSR count). The minimum Gasteiger partial charge on any atom is -0.456 e. The van der Waals surface area contributed by atoms with Gasteiger partial charge in [-0.3, -0.25) is 4.68 Å². The number of nitrogens with two attached hydrogens (primary N) is 1. The van der Waals surface area contributed by atoms with E-state index in [1.54, 1.807) is 7.05 Å². The van der Waals surface area contributed by atoms with Gasteiger partial charge < -0.3 is 10.5 Å². The Hall–Kier alpha value is -1.24. The van der Waals surface area contributed by atoms with Gasteiger partial charge in [0.05, 0.1) is 6.54 Å². The summed E-state index contributed by atoms with van der Waals surface area (Å²) in [5.74, 6) is -3.03. The summed E-state index contributed by atoms with van der Waals surface area (Å²) in [4.78, 5) is 3.61. The molecule has 0 spiro atoms. The van der Waals surface area contributed by atoms with Crippen LogP contribution in [0.1, 0.15) is 0 Å². The number of rotatable bonds is 4. The topological polar surface area (TPSA) is 66.0 Å². The van der Waals surface area contributed by atoms with E-state index in [0.29, 0.717) is 0 Å². The number of nitrogens with zero attached hydrogens (tertiary/aromatic N) is 3. The summed E-state index contributed by atoms with van der Waals surface area (Å²) < 4.78 is 31.0. The molecule has 74 valence electrons. The summed E-state index contributed by atoms with van der Waals surface area (Å²) in [6, 6.07) is -0.0735. The van der Waals surface area contributed by atoms with Gasteiger partial charge in [-0.1, -0.05) is 0 Å². The normalized spacial score (nSPS) is 11.7. The summed E-state index contributed by atoms with van der Waals surface area (Å²) in [5, 5.41) is 3.66. The highest BCUT2D eigenvalue weighted by molar-refractivity contribution is 4.88. The smallest absolute Gasteiger partial charge is 0.335 e. The molecule has 1 heterocycles. The number of halogens is 2. The second-order valence-electron chi connectivity index (χ2n) is 2.55. The number of aromatic nitrogens is 3. The van der Waals surface area contributed by atoms with Crippen LogP contribution in [-0.4, -0.2) is 33.8 Å². The highest BCUT2D eigenvalue weighted by Gasteiger charge is 2.28. The Morgan fingerprint density at radius 2 is 2.38 bits per heavy atom. The van der Waals surface area contributed by atoms with Gasteiger partial charge >= 0.3 is 6.01 Å². The second-order valence-corrected chi connectivity index (χ2v) is 2.55. The highest BCUT2D eigenvalue weighted by Crippen LogP contribution is 2.12. The van der Waals surface area contributed by atoms with Crippen LogP contribution < -0.4 is 10.5 Å². The Kier molecular flexibility index (Phi) is 2.76. The Balaban J connectivity index is 2.43. The van der Waals surface area contributed by atoms with Crippen molar-refractivity contribution in [1.82, 2.24) is 14.8 Å². The third kappa shape index (κ3) is 2.94. The van der Waals surface area contributed by atoms with Gasteiger partial charge in [0.1, 0.15) is 6.33 Å². The summed E-state index contributed by atoms with van der Waals surface area (Å²) in [6.45, 7) is -1.55. The molecule has 0 fully saturated rings. The number of hydrogen-bond acceptors (Lipinski definition) is 4. The van der Waals surface area contributed by atoms with Crippen LogP contribution in [0.15, 0.2) is 6.33 Å². The molecule has 1 aromatic rings. The minimum atomic E-state index is -3.03. The maximum atomic E-state index is 12.5. The van der Waals surface area contributed by atoms with Crippen molar-refractivity contribution < 1.29 is 13.5 Å². The van der Waals surface area contributed by atoms with Crippen molar-refractivity contribution in [3.05, 3.63) is 6.33 Å². The van der Waals surface area contributed by atoms with Crippen molar-refractivity contribution in [3.8, 4) is 6.01 Å². The standard InChI is InChI=1S/C6H10F2N4O/c1-12-4-10-5(11-12)13-3-6(7,8)2-9/h4H,2-3,9H2,1H3. The van der Waals surface area contributed by atoms with Gasteiger partial charge in [-0.2, -0.15) is 4.98 Å². The summed E-state index contributed by atoms with van der Waals surface area (Å²) >= 11 is 0. The van der Waals surface area contributed by atoms with Crippen LogP contribution in [0.25, 0.3) is 0 Å². The zero-order valence-corrected chi connectivity index (χ0v) is 7.07. The number of ether oxygens (including phenoxy) is 1. The lowest BCUT2D eigenvalue weighted by atomic mass is 10.4. The molecular formula is C6H10F2N4O. The van der Waals surface area contributed by atoms with Gasteiger partial charge in [-0.15, -0.1) is 5.10 Å². The highest BCUT2D eigenvalue weighted by atomic mass is 19.3. The van der Waals surface area contributed by atoms with E-state index in [1.807, 2.05) is 0 Å². The van der Waals surface area contributed by atoms with Gasteiger partial charge in [0.2, 0.25) is 0 Å². The van der Waals surface area contributed by atoms with Crippen LogP contribution in [0, 0.1) is 0 Å². The molecule has 2 N–H and O–H groups in total. The monoisotopic (exact) mass is 192 g/mol. The Morgan fingerprint density at radius 3 is 2.85 bits per heavy atom. The van der Waals surface area contributed by atoms with E-state index in [-0.39, 0.29) is 6.01 Å². The van der Waals surface area contributed by atoms with E-state index in [1.165, 1.54) is 11.0 Å². The Morgan fingerprint density at radius 1 is 1.69 bits per heavy atom. The molecule has 0 unspecified atom stereocenters. The molecule has 7 heteroatoms. The van der Waals surface area contributed by atoms with E-state index in [2.05, 4.69) is 14.8 Å². The van der Waals surface area contributed by atoms with E-state index < -0.39 is 19.1 Å². The second kappa shape index (κ2) is 3.65. The molecule has 0 saturated carbocycles. The first kappa shape index (κ1) is 9.85. The number of alkyl halides is 2. The van der Waals surface area contributed by atoms with Crippen molar-refractivity contribution in [2.24, 2.45) is 12.8 Å². The molecule has 0 aromatic carbocycles. The van der Waals surface area contributed by atoms with Crippen LogP contribution >= 0.6 is 0 Å². The quantitative estimate of drug-likeness (QED) is 0.716. The number of aryl methyl sites for hydroxylation is 1. The lowest BCUT2D eigenvalue weighted by molar-refractivity contribution is -0.0344.